The van der Waals surface area contributed by atoms with Gasteiger partial charge in [0.15, 0.2) is 5.96 Å². The van der Waals surface area contributed by atoms with Gasteiger partial charge in [-0.15, -0.1) is 6.58 Å². The lowest BCUT2D eigenvalue weighted by atomic mass is 10.2. The molecule has 0 aliphatic heterocycles. The first-order valence-corrected chi connectivity index (χ1v) is 8.63. The van der Waals surface area contributed by atoms with Crippen molar-refractivity contribution in [2.75, 3.05) is 27.2 Å². The molecule has 2 aromatic rings. The molecule has 0 amide bonds. The number of aliphatic imine (C=N–C) groups is 1. The van der Waals surface area contributed by atoms with Crippen LogP contribution in [0.15, 0.2) is 46.4 Å². The minimum atomic E-state index is 0.567. The maximum absolute atomic E-state index is 5.89. The Kier molecular flexibility index (Phi) is 7.47. The highest BCUT2D eigenvalue weighted by Gasteiger charge is 2.10. The average molecular weight is 362 g/mol. The van der Waals surface area contributed by atoms with E-state index >= 15 is 0 Å². The first-order valence-electron chi connectivity index (χ1n) is 8.25. The van der Waals surface area contributed by atoms with Crippen LogP contribution in [-0.2, 0) is 6.42 Å². The highest BCUT2D eigenvalue weighted by atomic mass is 35.5. The molecule has 1 aromatic carbocycles. The molecule has 0 bridgehead atoms. The molecule has 25 heavy (non-hydrogen) atoms. The van der Waals surface area contributed by atoms with Crippen LogP contribution in [0, 0.1) is 0 Å². The van der Waals surface area contributed by atoms with Crippen molar-refractivity contribution in [3.63, 3.8) is 0 Å². The smallest absolute Gasteiger partial charge is 0.228 e. The number of hydrogen-bond acceptors (Lipinski definition) is 4. The minimum Gasteiger partial charge on any atom is -0.356 e. The maximum Gasteiger partial charge on any atom is 0.228 e. The van der Waals surface area contributed by atoms with Gasteiger partial charge in [-0.2, -0.15) is 4.98 Å². The molecular formula is C18H24ClN5O. The summed E-state index contributed by atoms with van der Waals surface area (Å²) in [6.45, 7) is 5.33. The van der Waals surface area contributed by atoms with Crippen molar-refractivity contribution in [1.82, 2.24) is 20.4 Å². The second-order valence-corrected chi connectivity index (χ2v) is 6.03. The fraction of sp³-hybridized carbons (Fsp3) is 0.389. The fourth-order valence-electron chi connectivity index (χ4n) is 2.32. The summed E-state index contributed by atoms with van der Waals surface area (Å²) in [6, 6.07) is 7.35. The average Bonchev–Trinajstić information content (AvgIpc) is 3.08. The molecule has 1 N–H and O–H groups in total. The van der Waals surface area contributed by atoms with Gasteiger partial charge >= 0.3 is 0 Å². The highest BCUT2D eigenvalue weighted by molar-refractivity contribution is 6.30. The van der Waals surface area contributed by atoms with E-state index in [2.05, 4.69) is 31.9 Å². The molecule has 1 aromatic heterocycles. The first-order chi connectivity index (χ1) is 12.1. The number of aromatic nitrogens is 2. The molecule has 0 aliphatic carbocycles. The standard InChI is InChI=1S/C18H24ClN5O/c1-4-5-6-13-24(3)18(20-2)21-12-11-16-22-17(23-25-16)14-7-9-15(19)10-8-14/h4,7-10H,1,5-6,11-13H2,2-3H3,(H,20,21). The number of allylic oxidation sites excluding steroid dienone is 1. The van der Waals surface area contributed by atoms with Crippen molar-refractivity contribution < 1.29 is 4.52 Å². The molecule has 6 nitrogen and oxygen atoms in total. The molecule has 0 saturated heterocycles. The third-order valence-electron chi connectivity index (χ3n) is 3.67. The number of unbranched alkanes of at least 4 members (excludes halogenated alkanes) is 1. The number of rotatable bonds is 8. The van der Waals surface area contributed by atoms with Crippen LogP contribution in [0.4, 0.5) is 0 Å². The SMILES string of the molecule is C=CCCCN(C)C(=NC)NCCc1nc(-c2ccc(Cl)cc2)no1. The molecule has 0 radical (unpaired) electrons. The van der Waals surface area contributed by atoms with E-state index in [-0.39, 0.29) is 0 Å². The number of nitrogens with zero attached hydrogens (tertiary/aromatic N) is 4. The van der Waals surface area contributed by atoms with Gasteiger partial charge in [-0.1, -0.05) is 22.8 Å². The first kappa shape index (κ1) is 19.0. The molecule has 134 valence electrons. The fourth-order valence-corrected chi connectivity index (χ4v) is 2.44. The van der Waals surface area contributed by atoms with Gasteiger partial charge in [0.1, 0.15) is 0 Å². The Morgan fingerprint density at radius 2 is 2.16 bits per heavy atom. The predicted molar refractivity (Wildman–Crippen MR) is 102 cm³/mol. The Morgan fingerprint density at radius 3 is 2.84 bits per heavy atom. The lowest BCUT2D eigenvalue weighted by Gasteiger charge is -2.21. The Balaban J connectivity index is 1.83. The molecule has 0 spiro atoms. The van der Waals surface area contributed by atoms with Crippen LogP contribution in [0.2, 0.25) is 5.02 Å². The number of guanidine groups is 1. The van der Waals surface area contributed by atoms with Crippen LogP contribution in [0.3, 0.4) is 0 Å². The van der Waals surface area contributed by atoms with Crippen LogP contribution in [0.25, 0.3) is 11.4 Å². The van der Waals surface area contributed by atoms with E-state index in [1.54, 1.807) is 19.2 Å². The number of halogens is 1. The lowest BCUT2D eigenvalue weighted by molar-refractivity contribution is 0.377. The van der Waals surface area contributed by atoms with Crippen molar-refractivity contribution in [3.05, 3.63) is 47.8 Å². The third kappa shape index (κ3) is 5.90. The topological polar surface area (TPSA) is 66.5 Å². The molecule has 0 fully saturated rings. The van der Waals surface area contributed by atoms with Crippen molar-refractivity contribution in [3.8, 4) is 11.4 Å². The Bertz CT molecular complexity index is 696. The Hall–Kier alpha value is -2.34. The van der Waals surface area contributed by atoms with Gasteiger partial charge in [0.25, 0.3) is 0 Å². The van der Waals surface area contributed by atoms with E-state index in [1.165, 1.54) is 0 Å². The zero-order valence-corrected chi connectivity index (χ0v) is 15.5. The Morgan fingerprint density at radius 1 is 1.40 bits per heavy atom. The summed E-state index contributed by atoms with van der Waals surface area (Å²) in [5, 5.41) is 8.00. The van der Waals surface area contributed by atoms with E-state index in [4.69, 9.17) is 16.1 Å². The molecule has 1 heterocycles. The lowest BCUT2D eigenvalue weighted by Crippen LogP contribution is -2.40. The summed E-state index contributed by atoms with van der Waals surface area (Å²) in [4.78, 5) is 10.8. The molecule has 7 heteroatoms. The van der Waals surface area contributed by atoms with Crippen LogP contribution in [0.1, 0.15) is 18.7 Å². The zero-order chi connectivity index (χ0) is 18.1. The van der Waals surface area contributed by atoms with Gasteiger partial charge in [-0.3, -0.25) is 4.99 Å². The second kappa shape index (κ2) is 9.84. The van der Waals surface area contributed by atoms with Gasteiger partial charge in [0.05, 0.1) is 0 Å². The van der Waals surface area contributed by atoms with E-state index in [0.29, 0.717) is 29.7 Å². The van der Waals surface area contributed by atoms with Crippen molar-refractivity contribution in [2.45, 2.75) is 19.3 Å². The summed E-state index contributed by atoms with van der Waals surface area (Å²) >= 11 is 5.89. The van der Waals surface area contributed by atoms with Gasteiger partial charge in [0.2, 0.25) is 11.7 Å². The van der Waals surface area contributed by atoms with Crippen molar-refractivity contribution in [1.29, 1.82) is 0 Å². The summed E-state index contributed by atoms with van der Waals surface area (Å²) in [7, 11) is 3.79. The Labute approximate surface area is 153 Å². The molecular weight excluding hydrogens is 338 g/mol. The van der Waals surface area contributed by atoms with E-state index in [9.17, 15) is 0 Å². The van der Waals surface area contributed by atoms with Crippen LogP contribution in [-0.4, -0.2) is 48.2 Å². The van der Waals surface area contributed by atoms with Crippen LogP contribution >= 0.6 is 11.6 Å². The van der Waals surface area contributed by atoms with Gasteiger partial charge in [-0.05, 0) is 37.1 Å². The van der Waals surface area contributed by atoms with Crippen molar-refractivity contribution >= 4 is 17.6 Å². The second-order valence-electron chi connectivity index (χ2n) is 5.60. The van der Waals surface area contributed by atoms with Crippen LogP contribution in [0.5, 0.6) is 0 Å². The molecule has 0 unspecified atom stereocenters. The van der Waals surface area contributed by atoms with E-state index in [0.717, 1.165) is 30.9 Å². The normalized spacial score (nSPS) is 11.4. The van der Waals surface area contributed by atoms with Gasteiger partial charge in [-0.25, -0.2) is 0 Å². The van der Waals surface area contributed by atoms with Gasteiger partial charge in [0, 0.05) is 44.2 Å². The van der Waals surface area contributed by atoms with Crippen molar-refractivity contribution in [2.24, 2.45) is 4.99 Å². The summed E-state index contributed by atoms with van der Waals surface area (Å²) in [5.74, 6) is 2.00. The zero-order valence-electron chi connectivity index (χ0n) is 14.7. The summed E-state index contributed by atoms with van der Waals surface area (Å²) in [6.07, 6.45) is 4.60. The predicted octanol–water partition coefficient (Wildman–Crippen LogP) is 3.41. The molecule has 0 atom stereocenters. The molecule has 0 saturated carbocycles. The monoisotopic (exact) mass is 361 g/mol. The summed E-state index contributed by atoms with van der Waals surface area (Å²) in [5.41, 5.74) is 0.880. The minimum absolute atomic E-state index is 0.567. The number of nitrogens with one attached hydrogen (secondary N) is 1. The molecule has 2 rings (SSSR count). The van der Waals surface area contributed by atoms with E-state index in [1.807, 2.05) is 25.3 Å². The van der Waals surface area contributed by atoms with Gasteiger partial charge < -0.3 is 14.7 Å². The molecule has 0 aliphatic rings. The van der Waals surface area contributed by atoms with Crippen LogP contribution < -0.4 is 5.32 Å². The van der Waals surface area contributed by atoms with E-state index < -0.39 is 0 Å². The summed E-state index contributed by atoms with van der Waals surface area (Å²) < 4.78 is 5.31. The maximum atomic E-state index is 5.89. The number of hydrogen-bond donors (Lipinski definition) is 1. The quantitative estimate of drug-likeness (QED) is 0.338. The highest BCUT2D eigenvalue weighted by Crippen LogP contribution is 2.18. The largest absolute Gasteiger partial charge is 0.356 e. The number of benzene rings is 1. The third-order valence-corrected chi connectivity index (χ3v) is 3.92.